The molecule has 1 aromatic heterocycles. The highest BCUT2D eigenvalue weighted by molar-refractivity contribution is 5.58. The van der Waals surface area contributed by atoms with E-state index in [-0.39, 0.29) is 12.6 Å². The molecule has 0 aliphatic carbocycles. The van der Waals surface area contributed by atoms with Crippen molar-refractivity contribution in [1.82, 2.24) is 9.97 Å². The van der Waals surface area contributed by atoms with E-state index in [1.807, 2.05) is 37.3 Å². The Hall–Kier alpha value is -2.14. The van der Waals surface area contributed by atoms with E-state index in [2.05, 4.69) is 27.5 Å². The van der Waals surface area contributed by atoms with Crippen molar-refractivity contribution >= 4 is 11.6 Å². The van der Waals surface area contributed by atoms with Crippen molar-refractivity contribution in [1.29, 1.82) is 0 Å². The first-order valence-corrected chi connectivity index (χ1v) is 7.30. The minimum atomic E-state index is -0.180. The zero-order valence-electron chi connectivity index (χ0n) is 12.5. The number of nitrogens with one attached hydrogen (secondary N) is 2. The molecule has 112 valence electrons. The predicted octanol–water partition coefficient (Wildman–Crippen LogP) is 2.62. The average molecular weight is 286 g/mol. The van der Waals surface area contributed by atoms with E-state index in [0.717, 1.165) is 35.7 Å². The van der Waals surface area contributed by atoms with E-state index in [9.17, 15) is 5.11 Å². The summed E-state index contributed by atoms with van der Waals surface area (Å²) in [5, 5.41) is 16.2. The van der Waals surface area contributed by atoms with E-state index in [1.165, 1.54) is 0 Å². The summed E-state index contributed by atoms with van der Waals surface area (Å²) in [5.41, 5.74) is 2.07. The lowest BCUT2D eigenvalue weighted by Gasteiger charge is -2.20. The van der Waals surface area contributed by atoms with Gasteiger partial charge in [0.05, 0.1) is 12.6 Å². The Bertz CT molecular complexity index is 559. The van der Waals surface area contributed by atoms with Crippen LogP contribution in [0.15, 0.2) is 36.7 Å². The molecule has 1 atom stereocenters. The smallest absolute Gasteiger partial charge is 0.135 e. The molecule has 5 nitrogen and oxygen atoms in total. The predicted molar refractivity (Wildman–Crippen MR) is 85.5 cm³/mol. The Kier molecular flexibility index (Phi) is 5.51. The standard InChI is InChI=1S/C16H22N4O/c1-3-13-15(17-4-2)18-11-19-16(13)20-14(10-21)12-8-6-5-7-9-12/h5-9,11,14,21H,3-4,10H2,1-2H3,(H2,17,18,19,20). The highest BCUT2D eigenvalue weighted by Gasteiger charge is 2.15. The lowest BCUT2D eigenvalue weighted by Crippen LogP contribution is -2.18. The number of anilines is 2. The van der Waals surface area contributed by atoms with Crippen molar-refractivity contribution in [3.8, 4) is 0 Å². The van der Waals surface area contributed by atoms with E-state index in [4.69, 9.17) is 0 Å². The second kappa shape index (κ2) is 7.59. The van der Waals surface area contributed by atoms with Crippen LogP contribution in [0.3, 0.4) is 0 Å². The summed E-state index contributed by atoms with van der Waals surface area (Å²) in [5.74, 6) is 1.62. The maximum Gasteiger partial charge on any atom is 0.135 e. The first kappa shape index (κ1) is 15.3. The first-order valence-electron chi connectivity index (χ1n) is 7.30. The SMILES string of the molecule is CCNc1ncnc(NC(CO)c2ccccc2)c1CC. The molecule has 0 fully saturated rings. The van der Waals surface area contributed by atoms with Crippen LogP contribution < -0.4 is 10.6 Å². The molecule has 5 heteroatoms. The molecule has 0 aliphatic rings. The number of hydrogen-bond acceptors (Lipinski definition) is 5. The minimum Gasteiger partial charge on any atom is -0.394 e. The Morgan fingerprint density at radius 1 is 1.10 bits per heavy atom. The molecule has 0 radical (unpaired) electrons. The van der Waals surface area contributed by atoms with Gasteiger partial charge in [-0.2, -0.15) is 0 Å². The largest absolute Gasteiger partial charge is 0.394 e. The third kappa shape index (κ3) is 3.70. The molecule has 1 aromatic carbocycles. The molecule has 2 rings (SSSR count). The summed E-state index contributed by atoms with van der Waals surface area (Å²) in [4.78, 5) is 8.61. The third-order valence-corrected chi connectivity index (χ3v) is 3.34. The summed E-state index contributed by atoms with van der Waals surface area (Å²) in [6, 6.07) is 9.69. The number of aromatic nitrogens is 2. The zero-order valence-corrected chi connectivity index (χ0v) is 12.5. The first-order chi connectivity index (χ1) is 10.3. The van der Waals surface area contributed by atoms with Crippen LogP contribution in [0, 0.1) is 0 Å². The van der Waals surface area contributed by atoms with Crippen LogP contribution in [0.2, 0.25) is 0 Å². The van der Waals surface area contributed by atoms with Crippen molar-refractivity contribution in [3.05, 3.63) is 47.8 Å². The summed E-state index contributed by atoms with van der Waals surface area (Å²) in [6.45, 7) is 4.93. The van der Waals surface area contributed by atoms with Gasteiger partial charge < -0.3 is 15.7 Å². The zero-order chi connectivity index (χ0) is 15.1. The highest BCUT2D eigenvalue weighted by atomic mass is 16.3. The molecule has 1 heterocycles. The fourth-order valence-electron chi connectivity index (χ4n) is 2.28. The van der Waals surface area contributed by atoms with Crippen molar-refractivity contribution < 1.29 is 5.11 Å². The summed E-state index contributed by atoms with van der Waals surface area (Å²) < 4.78 is 0. The van der Waals surface area contributed by atoms with Crippen LogP contribution in [0.4, 0.5) is 11.6 Å². The maximum atomic E-state index is 9.66. The molecular formula is C16H22N4O. The van der Waals surface area contributed by atoms with Crippen LogP contribution in [0.25, 0.3) is 0 Å². The molecule has 0 saturated heterocycles. The van der Waals surface area contributed by atoms with Gasteiger partial charge in [0.1, 0.15) is 18.0 Å². The summed E-state index contributed by atoms with van der Waals surface area (Å²) in [7, 11) is 0. The van der Waals surface area contributed by atoms with Gasteiger partial charge in [0.15, 0.2) is 0 Å². The number of rotatable bonds is 7. The van der Waals surface area contributed by atoms with E-state index < -0.39 is 0 Å². The lowest BCUT2D eigenvalue weighted by molar-refractivity contribution is 0.276. The molecule has 0 bridgehead atoms. The second-order valence-electron chi connectivity index (χ2n) is 4.72. The Balaban J connectivity index is 2.27. The lowest BCUT2D eigenvalue weighted by atomic mass is 10.1. The van der Waals surface area contributed by atoms with E-state index >= 15 is 0 Å². The van der Waals surface area contributed by atoms with Gasteiger partial charge in [0.25, 0.3) is 0 Å². The van der Waals surface area contributed by atoms with E-state index in [1.54, 1.807) is 6.33 Å². The van der Waals surface area contributed by atoms with Crippen LogP contribution in [-0.4, -0.2) is 28.2 Å². The molecule has 2 aromatic rings. The van der Waals surface area contributed by atoms with Gasteiger partial charge in [-0.3, -0.25) is 0 Å². The van der Waals surface area contributed by atoms with Crippen molar-refractivity contribution in [2.24, 2.45) is 0 Å². The number of hydrogen-bond donors (Lipinski definition) is 3. The number of benzene rings is 1. The monoisotopic (exact) mass is 286 g/mol. The van der Waals surface area contributed by atoms with Gasteiger partial charge in [-0.25, -0.2) is 9.97 Å². The third-order valence-electron chi connectivity index (χ3n) is 3.34. The molecule has 3 N–H and O–H groups in total. The highest BCUT2D eigenvalue weighted by Crippen LogP contribution is 2.24. The Labute approximate surface area is 125 Å². The number of aliphatic hydroxyl groups is 1. The molecule has 0 spiro atoms. The number of aliphatic hydroxyl groups excluding tert-OH is 1. The average Bonchev–Trinajstić information content (AvgIpc) is 2.54. The molecule has 1 unspecified atom stereocenters. The minimum absolute atomic E-state index is 0.00765. The van der Waals surface area contributed by atoms with Crippen LogP contribution in [0.1, 0.15) is 31.0 Å². The van der Waals surface area contributed by atoms with Crippen LogP contribution in [-0.2, 0) is 6.42 Å². The van der Waals surface area contributed by atoms with Gasteiger partial charge in [-0.05, 0) is 18.9 Å². The van der Waals surface area contributed by atoms with Crippen molar-refractivity contribution in [2.75, 3.05) is 23.8 Å². The van der Waals surface area contributed by atoms with Gasteiger partial charge >= 0.3 is 0 Å². The van der Waals surface area contributed by atoms with Crippen LogP contribution >= 0.6 is 0 Å². The topological polar surface area (TPSA) is 70.1 Å². The van der Waals surface area contributed by atoms with Gasteiger partial charge in [0, 0.05) is 12.1 Å². The number of nitrogens with zero attached hydrogens (tertiary/aromatic N) is 2. The normalized spacial score (nSPS) is 12.0. The fourth-order valence-corrected chi connectivity index (χ4v) is 2.28. The van der Waals surface area contributed by atoms with Gasteiger partial charge in [-0.1, -0.05) is 37.3 Å². The molecular weight excluding hydrogens is 264 g/mol. The molecule has 21 heavy (non-hydrogen) atoms. The van der Waals surface area contributed by atoms with Gasteiger partial charge in [-0.15, -0.1) is 0 Å². The fraction of sp³-hybridized carbons (Fsp3) is 0.375. The Morgan fingerprint density at radius 2 is 1.81 bits per heavy atom. The molecule has 0 saturated carbocycles. The van der Waals surface area contributed by atoms with Crippen molar-refractivity contribution in [3.63, 3.8) is 0 Å². The molecule has 0 aliphatic heterocycles. The van der Waals surface area contributed by atoms with E-state index in [0.29, 0.717) is 0 Å². The Morgan fingerprint density at radius 3 is 2.43 bits per heavy atom. The summed E-state index contributed by atoms with van der Waals surface area (Å²) >= 11 is 0. The van der Waals surface area contributed by atoms with Gasteiger partial charge in [0.2, 0.25) is 0 Å². The van der Waals surface area contributed by atoms with Crippen LogP contribution in [0.5, 0.6) is 0 Å². The summed E-state index contributed by atoms with van der Waals surface area (Å²) in [6.07, 6.45) is 2.36. The molecule has 0 amide bonds. The quantitative estimate of drug-likeness (QED) is 0.730. The van der Waals surface area contributed by atoms with Crippen molar-refractivity contribution in [2.45, 2.75) is 26.3 Å². The maximum absolute atomic E-state index is 9.66. The second-order valence-corrected chi connectivity index (χ2v) is 4.72.